The van der Waals surface area contributed by atoms with Gasteiger partial charge >= 0.3 is 5.97 Å². The van der Waals surface area contributed by atoms with E-state index in [0.29, 0.717) is 12.0 Å². The Balaban J connectivity index is 1.88. The van der Waals surface area contributed by atoms with Gasteiger partial charge in [-0.2, -0.15) is 11.8 Å². The molecular formula is C15H27NO3S. The number of esters is 1. The third-order valence-corrected chi connectivity index (χ3v) is 5.43. The summed E-state index contributed by atoms with van der Waals surface area (Å²) in [7, 11) is 3.25. The second-order valence-electron chi connectivity index (χ2n) is 5.86. The predicted octanol–water partition coefficient (Wildman–Crippen LogP) is 2.22. The van der Waals surface area contributed by atoms with Crippen LogP contribution in [0.4, 0.5) is 0 Å². The van der Waals surface area contributed by atoms with Crippen molar-refractivity contribution in [2.75, 3.05) is 32.3 Å². The Bertz CT molecular complexity index is 322. The highest BCUT2D eigenvalue weighted by Crippen LogP contribution is 2.41. The monoisotopic (exact) mass is 301 g/mol. The summed E-state index contributed by atoms with van der Waals surface area (Å²) >= 11 is 1.91. The maximum Gasteiger partial charge on any atom is 0.326 e. The molecule has 0 spiro atoms. The van der Waals surface area contributed by atoms with Crippen LogP contribution in [0, 0.1) is 5.92 Å². The van der Waals surface area contributed by atoms with Crippen molar-refractivity contribution in [2.45, 2.75) is 50.1 Å². The molecular weight excluding hydrogens is 274 g/mol. The van der Waals surface area contributed by atoms with Crippen LogP contribution in [-0.4, -0.2) is 49.9 Å². The molecule has 2 aliphatic carbocycles. The van der Waals surface area contributed by atoms with Gasteiger partial charge in [0, 0.05) is 18.9 Å². The number of hydrogen-bond donors (Lipinski definition) is 1. The van der Waals surface area contributed by atoms with Gasteiger partial charge in [-0.05, 0) is 43.8 Å². The topological polar surface area (TPSA) is 47.6 Å². The zero-order valence-electron chi connectivity index (χ0n) is 12.7. The van der Waals surface area contributed by atoms with Crippen molar-refractivity contribution in [3.8, 4) is 0 Å². The molecule has 5 heteroatoms. The lowest BCUT2D eigenvalue weighted by atomic mass is 9.84. The molecule has 0 aromatic heterocycles. The van der Waals surface area contributed by atoms with Crippen LogP contribution in [0.2, 0.25) is 0 Å². The van der Waals surface area contributed by atoms with Crippen molar-refractivity contribution in [1.29, 1.82) is 0 Å². The molecule has 0 aliphatic heterocycles. The number of carbonyl (C=O) groups is 1. The van der Waals surface area contributed by atoms with Crippen molar-refractivity contribution < 1.29 is 14.3 Å². The molecule has 0 heterocycles. The Kier molecular flexibility index (Phi) is 6.18. The Hall–Kier alpha value is -0.260. The molecule has 4 nitrogen and oxygen atoms in total. The Labute approximate surface area is 126 Å². The van der Waals surface area contributed by atoms with Gasteiger partial charge in [0.1, 0.15) is 5.54 Å². The minimum atomic E-state index is -0.405. The Morgan fingerprint density at radius 1 is 1.30 bits per heavy atom. The SMILES string of the molecule is COCCSCCC1CCCC1(NC1CC1)C(=O)OC. The fourth-order valence-electron chi connectivity index (χ4n) is 3.23. The van der Waals surface area contributed by atoms with Crippen LogP contribution in [0.15, 0.2) is 0 Å². The van der Waals surface area contributed by atoms with Crippen LogP contribution in [0.5, 0.6) is 0 Å². The van der Waals surface area contributed by atoms with E-state index in [9.17, 15) is 4.79 Å². The quantitative estimate of drug-likeness (QED) is 0.523. The molecule has 1 N–H and O–H groups in total. The fourth-order valence-corrected chi connectivity index (χ4v) is 4.17. The first-order valence-electron chi connectivity index (χ1n) is 7.65. The average molecular weight is 301 g/mol. The molecule has 0 radical (unpaired) electrons. The van der Waals surface area contributed by atoms with Gasteiger partial charge in [-0.1, -0.05) is 6.42 Å². The molecule has 0 aromatic carbocycles. The van der Waals surface area contributed by atoms with E-state index in [1.54, 1.807) is 7.11 Å². The van der Waals surface area contributed by atoms with E-state index in [4.69, 9.17) is 9.47 Å². The molecule has 0 bridgehead atoms. The third kappa shape index (κ3) is 3.89. The van der Waals surface area contributed by atoms with Crippen molar-refractivity contribution in [3.05, 3.63) is 0 Å². The van der Waals surface area contributed by atoms with Crippen molar-refractivity contribution >= 4 is 17.7 Å². The summed E-state index contributed by atoms with van der Waals surface area (Å²) in [5, 5.41) is 3.61. The smallest absolute Gasteiger partial charge is 0.326 e. The van der Waals surface area contributed by atoms with Crippen LogP contribution in [-0.2, 0) is 14.3 Å². The standard InChI is InChI=1S/C15H27NO3S/c1-18-9-11-20-10-7-12-4-3-8-15(12,14(17)19-2)16-13-5-6-13/h12-13,16H,3-11H2,1-2H3. The van der Waals surface area contributed by atoms with Crippen LogP contribution in [0.25, 0.3) is 0 Å². The molecule has 0 saturated heterocycles. The number of hydrogen-bond acceptors (Lipinski definition) is 5. The van der Waals surface area contributed by atoms with E-state index >= 15 is 0 Å². The van der Waals surface area contributed by atoms with E-state index in [2.05, 4.69) is 5.32 Å². The summed E-state index contributed by atoms with van der Waals surface area (Å²) in [6.45, 7) is 0.803. The minimum Gasteiger partial charge on any atom is -0.468 e. The number of ether oxygens (including phenoxy) is 2. The number of rotatable bonds is 9. The highest BCUT2D eigenvalue weighted by atomic mass is 32.2. The summed E-state index contributed by atoms with van der Waals surface area (Å²) in [4.78, 5) is 12.3. The first-order valence-corrected chi connectivity index (χ1v) is 8.81. The Morgan fingerprint density at radius 3 is 2.75 bits per heavy atom. The molecule has 2 aliphatic rings. The maximum absolute atomic E-state index is 12.3. The fraction of sp³-hybridized carbons (Fsp3) is 0.933. The van der Waals surface area contributed by atoms with Crippen molar-refractivity contribution in [1.82, 2.24) is 5.32 Å². The predicted molar refractivity (Wildman–Crippen MR) is 82.1 cm³/mol. The normalized spacial score (nSPS) is 29.6. The molecule has 0 amide bonds. The van der Waals surface area contributed by atoms with E-state index in [-0.39, 0.29) is 5.97 Å². The second-order valence-corrected chi connectivity index (χ2v) is 7.09. The molecule has 116 valence electrons. The number of carbonyl (C=O) groups excluding carboxylic acids is 1. The van der Waals surface area contributed by atoms with Crippen molar-refractivity contribution in [2.24, 2.45) is 5.92 Å². The molecule has 20 heavy (non-hydrogen) atoms. The van der Waals surface area contributed by atoms with Gasteiger partial charge in [-0.3, -0.25) is 10.1 Å². The largest absolute Gasteiger partial charge is 0.468 e. The van der Waals surface area contributed by atoms with Gasteiger partial charge < -0.3 is 9.47 Å². The first kappa shape index (κ1) is 16.1. The van der Waals surface area contributed by atoms with Gasteiger partial charge in [0.05, 0.1) is 13.7 Å². The lowest BCUT2D eigenvalue weighted by Crippen LogP contribution is -2.56. The molecule has 0 aromatic rings. The molecule has 2 rings (SSSR count). The lowest BCUT2D eigenvalue weighted by Gasteiger charge is -2.34. The summed E-state index contributed by atoms with van der Waals surface area (Å²) in [6, 6.07) is 0.538. The van der Waals surface area contributed by atoms with Crippen LogP contribution >= 0.6 is 11.8 Å². The summed E-state index contributed by atoms with van der Waals surface area (Å²) in [5.74, 6) is 2.50. The third-order valence-electron chi connectivity index (χ3n) is 4.45. The Morgan fingerprint density at radius 2 is 2.10 bits per heavy atom. The summed E-state index contributed by atoms with van der Waals surface area (Å²) < 4.78 is 10.2. The van der Waals surface area contributed by atoms with Gasteiger partial charge in [-0.25, -0.2) is 0 Å². The maximum atomic E-state index is 12.3. The number of nitrogens with one attached hydrogen (secondary N) is 1. The van der Waals surface area contributed by atoms with E-state index in [1.165, 1.54) is 20.0 Å². The number of thioether (sulfide) groups is 1. The zero-order chi connectivity index (χ0) is 14.4. The van der Waals surface area contributed by atoms with Gasteiger partial charge in [0.25, 0.3) is 0 Å². The zero-order valence-corrected chi connectivity index (χ0v) is 13.5. The van der Waals surface area contributed by atoms with E-state index in [1.807, 2.05) is 11.8 Å². The summed E-state index contributed by atoms with van der Waals surface area (Å²) in [5.41, 5.74) is -0.405. The van der Waals surface area contributed by atoms with Gasteiger partial charge in [0.15, 0.2) is 0 Å². The van der Waals surface area contributed by atoms with Gasteiger partial charge in [0.2, 0.25) is 0 Å². The lowest BCUT2D eigenvalue weighted by molar-refractivity contribution is -0.150. The van der Waals surface area contributed by atoms with E-state index in [0.717, 1.165) is 43.8 Å². The van der Waals surface area contributed by atoms with Crippen molar-refractivity contribution in [3.63, 3.8) is 0 Å². The van der Waals surface area contributed by atoms with Gasteiger partial charge in [-0.15, -0.1) is 0 Å². The van der Waals surface area contributed by atoms with Crippen LogP contribution < -0.4 is 5.32 Å². The average Bonchev–Trinajstić information content (AvgIpc) is 3.18. The minimum absolute atomic E-state index is 0.0474. The van der Waals surface area contributed by atoms with E-state index < -0.39 is 5.54 Å². The summed E-state index contributed by atoms with van der Waals surface area (Å²) in [6.07, 6.45) is 6.69. The molecule has 2 saturated carbocycles. The highest BCUT2D eigenvalue weighted by molar-refractivity contribution is 7.99. The first-order chi connectivity index (χ1) is 9.73. The van der Waals surface area contributed by atoms with Crippen LogP contribution in [0.3, 0.4) is 0 Å². The van der Waals surface area contributed by atoms with Crippen LogP contribution in [0.1, 0.15) is 38.5 Å². The number of methoxy groups -OCH3 is 2. The molecule has 2 atom stereocenters. The second kappa shape index (κ2) is 7.66. The molecule has 2 fully saturated rings. The highest BCUT2D eigenvalue weighted by Gasteiger charge is 2.51. The molecule has 2 unspecified atom stereocenters.